The molecule has 0 aromatic heterocycles. The van der Waals surface area contributed by atoms with Crippen molar-refractivity contribution >= 4 is 5.78 Å². The van der Waals surface area contributed by atoms with Gasteiger partial charge in [0.15, 0.2) is 5.78 Å². The second-order valence-electron chi connectivity index (χ2n) is 6.00. The summed E-state index contributed by atoms with van der Waals surface area (Å²) >= 11 is 0. The van der Waals surface area contributed by atoms with Crippen LogP contribution in [-0.4, -0.2) is 24.5 Å². The molecule has 3 heteroatoms. The summed E-state index contributed by atoms with van der Waals surface area (Å²) in [6, 6.07) is 1.99. The summed E-state index contributed by atoms with van der Waals surface area (Å²) in [7, 11) is 0. The van der Waals surface area contributed by atoms with Gasteiger partial charge in [-0.2, -0.15) is 0 Å². The third-order valence-electron chi connectivity index (χ3n) is 4.03. The van der Waals surface area contributed by atoms with Gasteiger partial charge in [0, 0.05) is 5.56 Å². The molecule has 1 aromatic rings. The molecular formula is C17H25NO2. The van der Waals surface area contributed by atoms with Crippen molar-refractivity contribution in [1.29, 1.82) is 0 Å². The van der Waals surface area contributed by atoms with E-state index in [4.69, 9.17) is 4.74 Å². The molecule has 3 nitrogen and oxygen atoms in total. The van der Waals surface area contributed by atoms with E-state index < -0.39 is 0 Å². The topological polar surface area (TPSA) is 38.3 Å². The monoisotopic (exact) mass is 275 g/mol. The van der Waals surface area contributed by atoms with Gasteiger partial charge in [0.2, 0.25) is 0 Å². The lowest BCUT2D eigenvalue weighted by Gasteiger charge is -2.20. The van der Waals surface area contributed by atoms with Gasteiger partial charge < -0.3 is 10.1 Å². The number of aryl methyl sites for hydroxylation is 1. The highest BCUT2D eigenvalue weighted by atomic mass is 16.5. The van der Waals surface area contributed by atoms with Crippen molar-refractivity contribution in [3.8, 4) is 5.75 Å². The molecule has 0 spiro atoms. The first-order valence-electron chi connectivity index (χ1n) is 7.47. The summed E-state index contributed by atoms with van der Waals surface area (Å²) in [4.78, 5) is 12.7. The summed E-state index contributed by atoms with van der Waals surface area (Å²) in [6.45, 7) is 11.0. The molecule has 1 saturated heterocycles. The van der Waals surface area contributed by atoms with E-state index in [0.717, 1.165) is 47.4 Å². The van der Waals surface area contributed by atoms with Crippen LogP contribution in [0.1, 0.15) is 53.7 Å². The molecule has 1 unspecified atom stereocenters. The summed E-state index contributed by atoms with van der Waals surface area (Å²) in [5.74, 6) is 1.13. The van der Waals surface area contributed by atoms with Crippen molar-refractivity contribution < 1.29 is 9.53 Å². The molecule has 1 aliphatic heterocycles. The maximum Gasteiger partial charge on any atom is 0.180 e. The van der Waals surface area contributed by atoms with Gasteiger partial charge in [-0.1, -0.05) is 0 Å². The summed E-state index contributed by atoms with van der Waals surface area (Å²) in [5.41, 5.74) is 4.02. The lowest BCUT2D eigenvalue weighted by molar-refractivity contribution is 0.0951. The fourth-order valence-corrected chi connectivity index (χ4v) is 2.88. The zero-order chi connectivity index (χ0) is 14.9. The Balaban J connectivity index is 2.39. The smallest absolute Gasteiger partial charge is 0.180 e. The Hall–Kier alpha value is -1.35. The summed E-state index contributed by atoms with van der Waals surface area (Å²) in [6.07, 6.45) is 2.17. The zero-order valence-electron chi connectivity index (χ0n) is 13.2. The van der Waals surface area contributed by atoms with E-state index >= 15 is 0 Å². The average molecular weight is 275 g/mol. The number of Topliss-reactive ketones (excluding diaryl/α,β-unsaturated/α-hetero) is 1. The molecule has 1 atom stereocenters. The molecule has 1 N–H and O–H groups in total. The third-order valence-corrected chi connectivity index (χ3v) is 4.03. The lowest BCUT2D eigenvalue weighted by atomic mass is 9.91. The highest BCUT2D eigenvalue weighted by Gasteiger charge is 2.27. The first-order chi connectivity index (χ1) is 9.41. The van der Waals surface area contributed by atoms with Crippen LogP contribution in [0.25, 0.3) is 0 Å². The largest absolute Gasteiger partial charge is 0.491 e. The normalized spacial score (nSPS) is 18.6. The Kier molecular flexibility index (Phi) is 4.48. The standard InChI is InChI=1S/C17H25NO2/c1-10(2)20-15-9-11(3)16(13(5)12(15)4)17(19)14-7-6-8-18-14/h9-10,14,18H,6-8H2,1-5H3. The van der Waals surface area contributed by atoms with Gasteiger partial charge in [0.1, 0.15) is 5.75 Å². The van der Waals surface area contributed by atoms with Crippen LogP contribution in [0.5, 0.6) is 5.75 Å². The fourth-order valence-electron chi connectivity index (χ4n) is 2.88. The van der Waals surface area contributed by atoms with Crippen molar-refractivity contribution in [3.63, 3.8) is 0 Å². The number of rotatable bonds is 4. The van der Waals surface area contributed by atoms with Crippen LogP contribution < -0.4 is 10.1 Å². The zero-order valence-corrected chi connectivity index (χ0v) is 13.2. The van der Waals surface area contributed by atoms with E-state index in [0.29, 0.717) is 0 Å². The maximum absolute atomic E-state index is 12.7. The Bertz CT molecular complexity index is 514. The van der Waals surface area contributed by atoms with Crippen LogP contribution in [0.2, 0.25) is 0 Å². The molecular weight excluding hydrogens is 250 g/mol. The van der Waals surface area contributed by atoms with Gasteiger partial charge in [0.25, 0.3) is 0 Å². The second kappa shape index (κ2) is 5.96. The molecule has 2 rings (SSSR count). The van der Waals surface area contributed by atoms with Crippen molar-refractivity contribution in [2.75, 3.05) is 6.54 Å². The molecule has 1 fully saturated rings. The number of hydrogen-bond donors (Lipinski definition) is 1. The van der Waals surface area contributed by atoms with Gasteiger partial charge in [-0.25, -0.2) is 0 Å². The summed E-state index contributed by atoms with van der Waals surface area (Å²) in [5, 5.41) is 3.29. The number of ether oxygens (including phenoxy) is 1. The fraction of sp³-hybridized carbons (Fsp3) is 0.588. The Labute approximate surface area is 121 Å². The Morgan fingerprint density at radius 1 is 1.30 bits per heavy atom. The quantitative estimate of drug-likeness (QED) is 0.857. The molecule has 1 aromatic carbocycles. The highest BCUT2D eigenvalue weighted by Crippen LogP contribution is 2.30. The number of carbonyl (C=O) groups is 1. The molecule has 20 heavy (non-hydrogen) atoms. The van der Waals surface area contributed by atoms with E-state index in [9.17, 15) is 4.79 Å². The highest BCUT2D eigenvalue weighted by molar-refractivity contribution is 6.03. The minimum atomic E-state index is -0.0105. The molecule has 110 valence electrons. The average Bonchev–Trinajstić information content (AvgIpc) is 2.88. The van der Waals surface area contributed by atoms with E-state index in [-0.39, 0.29) is 17.9 Å². The van der Waals surface area contributed by atoms with Crippen LogP contribution in [0.15, 0.2) is 6.07 Å². The molecule has 0 aliphatic carbocycles. The van der Waals surface area contributed by atoms with Crippen molar-refractivity contribution in [1.82, 2.24) is 5.32 Å². The predicted molar refractivity (Wildman–Crippen MR) is 81.8 cm³/mol. The minimum Gasteiger partial charge on any atom is -0.491 e. The molecule has 0 bridgehead atoms. The number of carbonyl (C=O) groups excluding carboxylic acids is 1. The number of ketones is 1. The van der Waals surface area contributed by atoms with Gasteiger partial charge in [0.05, 0.1) is 12.1 Å². The molecule has 0 radical (unpaired) electrons. The van der Waals surface area contributed by atoms with Gasteiger partial charge in [-0.3, -0.25) is 4.79 Å². The van der Waals surface area contributed by atoms with Crippen molar-refractivity contribution in [2.24, 2.45) is 0 Å². The minimum absolute atomic E-state index is 0.0105. The maximum atomic E-state index is 12.7. The third kappa shape index (κ3) is 2.88. The van der Waals surface area contributed by atoms with Crippen LogP contribution in [0.4, 0.5) is 0 Å². The molecule has 0 amide bonds. The van der Waals surface area contributed by atoms with E-state index in [2.05, 4.69) is 5.32 Å². The van der Waals surface area contributed by atoms with Gasteiger partial charge in [-0.05, 0) is 76.8 Å². The van der Waals surface area contributed by atoms with Crippen molar-refractivity contribution in [2.45, 2.75) is 59.6 Å². The van der Waals surface area contributed by atoms with Crippen molar-refractivity contribution in [3.05, 3.63) is 28.3 Å². The predicted octanol–water partition coefficient (Wildman–Crippen LogP) is 3.33. The van der Waals surface area contributed by atoms with E-state index in [1.807, 2.05) is 40.7 Å². The molecule has 0 saturated carbocycles. The van der Waals surface area contributed by atoms with Crippen LogP contribution >= 0.6 is 0 Å². The Morgan fingerprint density at radius 3 is 2.55 bits per heavy atom. The lowest BCUT2D eigenvalue weighted by Crippen LogP contribution is -2.32. The molecule has 1 heterocycles. The number of benzene rings is 1. The summed E-state index contributed by atoms with van der Waals surface area (Å²) < 4.78 is 5.84. The number of hydrogen-bond acceptors (Lipinski definition) is 3. The van der Waals surface area contributed by atoms with Gasteiger partial charge >= 0.3 is 0 Å². The van der Waals surface area contributed by atoms with E-state index in [1.54, 1.807) is 0 Å². The first-order valence-corrected chi connectivity index (χ1v) is 7.47. The first kappa shape index (κ1) is 15.0. The SMILES string of the molecule is Cc1cc(OC(C)C)c(C)c(C)c1C(=O)C1CCCN1. The number of nitrogens with one attached hydrogen (secondary N) is 1. The Morgan fingerprint density at radius 2 is 2.00 bits per heavy atom. The van der Waals surface area contributed by atoms with E-state index in [1.165, 1.54) is 0 Å². The van der Waals surface area contributed by atoms with Gasteiger partial charge in [-0.15, -0.1) is 0 Å². The van der Waals surface area contributed by atoms with Crippen LogP contribution in [-0.2, 0) is 0 Å². The molecule has 1 aliphatic rings. The van der Waals surface area contributed by atoms with Crippen LogP contribution in [0, 0.1) is 20.8 Å². The van der Waals surface area contributed by atoms with Crippen LogP contribution in [0.3, 0.4) is 0 Å². The second-order valence-corrected chi connectivity index (χ2v) is 6.00.